The number of ether oxygens (including phenoxy) is 2. The number of hydrogen-bond donors (Lipinski definition) is 1. The van der Waals surface area contributed by atoms with Crippen LogP contribution in [0.25, 0.3) is 0 Å². The number of rotatable bonds is 7. The number of carbonyl (C=O) groups excluding carboxylic acids is 2. The number of hydrogen-bond acceptors (Lipinski definition) is 7. The SMILES string of the molecule is CCC(Oc1cccc2c1C(=O)C(=C(C)C)O2)N1CCCC(NC(=O)c2ccc(S(C)(=O)=O)cc2)C1. The molecule has 2 aromatic carbocycles. The van der Waals surface area contributed by atoms with Gasteiger partial charge < -0.3 is 14.8 Å². The summed E-state index contributed by atoms with van der Waals surface area (Å²) in [5.74, 6) is 0.946. The summed E-state index contributed by atoms with van der Waals surface area (Å²) in [5, 5.41) is 3.07. The largest absolute Gasteiger partial charge is 0.474 e. The van der Waals surface area contributed by atoms with Gasteiger partial charge >= 0.3 is 0 Å². The Kier molecular flexibility index (Phi) is 7.51. The zero-order valence-corrected chi connectivity index (χ0v) is 21.9. The zero-order chi connectivity index (χ0) is 26.0. The smallest absolute Gasteiger partial charge is 0.251 e. The topological polar surface area (TPSA) is 102 Å². The summed E-state index contributed by atoms with van der Waals surface area (Å²) in [6.07, 6.45) is 3.28. The highest BCUT2D eigenvalue weighted by Crippen LogP contribution is 2.39. The maximum absolute atomic E-state index is 12.9. The number of allylic oxidation sites excluding steroid dienone is 2. The number of amides is 1. The van der Waals surface area contributed by atoms with Crippen molar-refractivity contribution in [2.24, 2.45) is 0 Å². The van der Waals surface area contributed by atoms with Crippen LogP contribution < -0.4 is 14.8 Å². The van der Waals surface area contributed by atoms with Gasteiger partial charge in [-0.25, -0.2) is 8.42 Å². The average molecular weight is 513 g/mol. The van der Waals surface area contributed by atoms with Crippen molar-refractivity contribution in [1.82, 2.24) is 10.2 Å². The molecule has 8 nitrogen and oxygen atoms in total. The Hall–Kier alpha value is -3.17. The van der Waals surface area contributed by atoms with Crippen molar-refractivity contribution in [3.05, 3.63) is 64.9 Å². The van der Waals surface area contributed by atoms with Crippen molar-refractivity contribution in [3.8, 4) is 11.5 Å². The third kappa shape index (κ3) is 5.47. The highest BCUT2D eigenvalue weighted by molar-refractivity contribution is 7.90. The van der Waals surface area contributed by atoms with Gasteiger partial charge in [0.1, 0.15) is 17.1 Å². The molecule has 0 saturated carbocycles. The summed E-state index contributed by atoms with van der Waals surface area (Å²) in [6.45, 7) is 7.13. The van der Waals surface area contributed by atoms with E-state index in [0.717, 1.165) is 31.2 Å². The number of benzene rings is 2. The molecule has 2 aromatic rings. The van der Waals surface area contributed by atoms with E-state index in [0.29, 0.717) is 41.4 Å². The second kappa shape index (κ2) is 10.4. The standard InChI is InChI=1S/C27H32N2O6S/c1-5-23(34-21-9-6-10-22-24(21)25(30)26(35-22)17(2)3)29-15-7-8-19(16-29)28-27(31)18-11-13-20(14-12-18)36(4,32)33/h6,9-14,19,23H,5,7-8,15-16H2,1-4H3,(H,28,31). The number of fused-ring (bicyclic) bond motifs is 1. The summed E-state index contributed by atoms with van der Waals surface area (Å²) < 4.78 is 35.5. The molecular formula is C27H32N2O6S. The number of nitrogens with one attached hydrogen (secondary N) is 1. The van der Waals surface area contributed by atoms with Crippen molar-refractivity contribution in [2.45, 2.75) is 57.2 Å². The molecule has 2 atom stereocenters. The van der Waals surface area contributed by atoms with Crippen LogP contribution in [0.2, 0.25) is 0 Å². The van der Waals surface area contributed by atoms with Crippen molar-refractivity contribution in [1.29, 1.82) is 0 Å². The molecular weight excluding hydrogens is 480 g/mol. The fraction of sp³-hybridized carbons (Fsp3) is 0.407. The van der Waals surface area contributed by atoms with E-state index in [1.807, 2.05) is 26.8 Å². The summed E-state index contributed by atoms with van der Waals surface area (Å²) in [4.78, 5) is 28.1. The van der Waals surface area contributed by atoms with E-state index < -0.39 is 9.84 Å². The lowest BCUT2D eigenvalue weighted by atomic mass is 10.0. The molecule has 4 rings (SSSR count). The van der Waals surface area contributed by atoms with Gasteiger partial charge in [0.05, 0.1) is 4.90 Å². The molecule has 2 heterocycles. The van der Waals surface area contributed by atoms with Gasteiger partial charge in [0.2, 0.25) is 5.78 Å². The second-order valence-corrected chi connectivity index (χ2v) is 11.5. The van der Waals surface area contributed by atoms with Gasteiger partial charge in [-0.15, -0.1) is 0 Å². The maximum Gasteiger partial charge on any atom is 0.251 e. The van der Waals surface area contributed by atoms with Crippen LogP contribution in [0.3, 0.4) is 0 Å². The summed E-state index contributed by atoms with van der Waals surface area (Å²) >= 11 is 0. The van der Waals surface area contributed by atoms with E-state index in [2.05, 4.69) is 10.2 Å². The van der Waals surface area contributed by atoms with Gasteiger partial charge in [-0.1, -0.05) is 13.0 Å². The summed E-state index contributed by atoms with van der Waals surface area (Å²) in [7, 11) is -3.32. The first kappa shape index (κ1) is 25.9. The molecule has 2 unspecified atom stereocenters. The summed E-state index contributed by atoms with van der Waals surface area (Å²) in [6, 6.07) is 11.2. The molecule has 1 amide bonds. The van der Waals surface area contributed by atoms with E-state index in [1.54, 1.807) is 12.1 Å². The van der Waals surface area contributed by atoms with E-state index in [1.165, 1.54) is 24.3 Å². The fourth-order valence-corrected chi connectivity index (χ4v) is 5.22. The first-order valence-corrected chi connectivity index (χ1v) is 14.0. The van der Waals surface area contributed by atoms with Crippen LogP contribution in [-0.4, -0.2) is 56.6 Å². The lowest BCUT2D eigenvalue weighted by molar-refractivity contribution is 0.000977. The number of ketones is 1. The molecule has 0 spiro atoms. The number of Topliss-reactive ketones (excluding diaryl/α,β-unsaturated/α-hetero) is 1. The van der Waals surface area contributed by atoms with Crippen LogP contribution in [0.4, 0.5) is 0 Å². The molecule has 0 aliphatic carbocycles. The van der Waals surface area contributed by atoms with Crippen molar-refractivity contribution >= 4 is 21.5 Å². The normalized spacial score (nSPS) is 18.8. The molecule has 0 aromatic heterocycles. The number of piperidine rings is 1. The zero-order valence-electron chi connectivity index (χ0n) is 21.0. The van der Waals surface area contributed by atoms with Crippen molar-refractivity contribution < 1.29 is 27.5 Å². The van der Waals surface area contributed by atoms with E-state index in [4.69, 9.17) is 9.47 Å². The highest BCUT2D eigenvalue weighted by Gasteiger charge is 2.34. The van der Waals surface area contributed by atoms with Crippen LogP contribution in [0.15, 0.2) is 58.7 Å². The molecule has 36 heavy (non-hydrogen) atoms. The van der Waals surface area contributed by atoms with Gasteiger partial charge in [-0.2, -0.15) is 0 Å². The molecule has 1 fully saturated rings. The van der Waals surface area contributed by atoms with Crippen LogP contribution in [0.5, 0.6) is 11.5 Å². The first-order chi connectivity index (χ1) is 17.1. The lowest BCUT2D eigenvalue weighted by Crippen LogP contribution is -2.52. The fourth-order valence-electron chi connectivity index (χ4n) is 4.59. The minimum atomic E-state index is -3.32. The van der Waals surface area contributed by atoms with Gasteiger partial charge in [0.25, 0.3) is 5.91 Å². The Morgan fingerprint density at radius 2 is 1.92 bits per heavy atom. The van der Waals surface area contributed by atoms with Crippen LogP contribution in [0.1, 0.15) is 60.7 Å². The molecule has 2 aliphatic heterocycles. The third-order valence-electron chi connectivity index (χ3n) is 6.44. The predicted molar refractivity (Wildman–Crippen MR) is 136 cm³/mol. The van der Waals surface area contributed by atoms with E-state index >= 15 is 0 Å². The average Bonchev–Trinajstić information content (AvgIpc) is 3.19. The molecule has 1 N–H and O–H groups in total. The monoisotopic (exact) mass is 512 g/mol. The van der Waals surface area contributed by atoms with Crippen LogP contribution in [0, 0.1) is 0 Å². The van der Waals surface area contributed by atoms with E-state index in [-0.39, 0.29) is 28.9 Å². The summed E-state index contributed by atoms with van der Waals surface area (Å²) in [5.41, 5.74) is 1.68. The van der Waals surface area contributed by atoms with Gasteiger partial charge in [0.15, 0.2) is 21.8 Å². The Morgan fingerprint density at radius 3 is 2.56 bits per heavy atom. The Balaban J connectivity index is 1.44. The lowest BCUT2D eigenvalue weighted by Gasteiger charge is -2.38. The Morgan fingerprint density at radius 1 is 1.19 bits per heavy atom. The van der Waals surface area contributed by atoms with E-state index in [9.17, 15) is 18.0 Å². The Bertz CT molecular complexity index is 1300. The number of carbonyl (C=O) groups is 2. The molecule has 192 valence electrons. The minimum absolute atomic E-state index is 0.0813. The second-order valence-electron chi connectivity index (χ2n) is 9.47. The van der Waals surface area contributed by atoms with Crippen LogP contribution >= 0.6 is 0 Å². The van der Waals surface area contributed by atoms with Gasteiger partial charge in [0, 0.05) is 31.0 Å². The number of sulfone groups is 1. The molecule has 0 radical (unpaired) electrons. The third-order valence-corrected chi connectivity index (χ3v) is 7.57. The van der Waals surface area contributed by atoms with Gasteiger partial charge in [-0.3, -0.25) is 14.5 Å². The molecule has 0 bridgehead atoms. The molecule has 1 saturated heterocycles. The minimum Gasteiger partial charge on any atom is -0.474 e. The van der Waals surface area contributed by atoms with Crippen molar-refractivity contribution in [2.75, 3.05) is 19.3 Å². The van der Waals surface area contributed by atoms with Crippen molar-refractivity contribution in [3.63, 3.8) is 0 Å². The maximum atomic E-state index is 12.9. The predicted octanol–water partition coefficient (Wildman–Crippen LogP) is 3.97. The van der Waals surface area contributed by atoms with Gasteiger partial charge in [-0.05, 0) is 75.1 Å². The molecule has 2 aliphatic rings. The Labute approximate surface area is 212 Å². The number of nitrogens with zero attached hydrogens (tertiary/aromatic N) is 1. The quantitative estimate of drug-likeness (QED) is 0.560. The highest BCUT2D eigenvalue weighted by atomic mass is 32.2. The first-order valence-electron chi connectivity index (χ1n) is 12.1. The molecule has 9 heteroatoms. The van der Waals surface area contributed by atoms with Crippen LogP contribution in [-0.2, 0) is 9.84 Å². The number of likely N-dealkylation sites (tertiary alicyclic amines) is 1.